The molecule has 37 heavy (non-hydrogen) atoms. The standard InChI is InChI=1S/C26H30N6O5/c1-4-22(25-28-29-30-32(25)9-10-34-2)31(14-17-5-8-23-24(11-17)37-16-36-23)15-19-12-18-6-7-20(35-3)13-21(18)27-26(19)33/h5-8,11-13,22H,4,9-10,14-16H2,1-3H3,(H,27,33)/t22-/m0/s1. The summed E-state index contributed by atoms with van der Waals surface area (Å²) in [4.78, 5) is 18.4. The molecule has 11 heteroatoms. The zero-order valence-electron chi connectivity index (χ0n) is 21.1. The fraction of sp³-hybridized carbons (Fsp3) is 0.385. The molecule has 0 saturated carbocycles. The van der Waals surface area contributed by atoms with E-state index < -0.39 is 0 Å². The number of pyridine rings is 1. The van der Waals surface area contributed by atoms with Crippen molar-refractivity contribution in [2.24, 2.45) is 0 Å². The molecule has 1 aliphatic rings. The second-order valence-electron chi connectivity index (χ2n) is 8.85. The lowest BCUT2D eigenvalue weighted by Gasteiger charge is -2.30. The lowest BCUT2D eigenvalue weighted by atomic mass is 10.1. The lowest BCUT2D eigenvalue weighted by molar-refractivity contribution is 0.150. The van der Waals surface area contributed by atoms with E-state index in [1.807, 2.05) is 42.5 Å². The Kier molecular flexibility index (Phi) is 7.33. The van der Waals surface area contributed by atoms with E-state index in [-0.39, 0.29) is 18.4 Å². The van der Waals surface area contributed by atoms with Crippen molar-refractivity contribution in [2.75, 3.05) is 27.6 Å². The van der Waals surface area contributed by atoms with Crippen LogP contribution in [0.4, 0.5) is 0 Å². The van der Waals surface area contributed by atoms with E-state index in [1.165, 1.54) is 0 Å². The molecule has 0 bridgehead atoms. The van der Waals surface area contributed by atoms with Crippen molar-refractivity contribution in [2.45, 2.75) is 39.0 Å². The maximum absolute atomic E-state index is 13.2. The maximum Gasteiger partial charge on any atom is 0.252 e. The Balaban J connectivity index is 1.51. The van der Waals surface area contributed by atoms with Crippen LogP contribution >= 0.6 is 0 Å². The molecular weight excluding hydrogens is 476 g/mol. The fourth-order valence-corrected chi connectivity index (χ4v) is 4.63. The van der Waals surface area contributed by atoms with E-state index in [4.69, 9.17) is 18.9 Å². The first-order chi connectivity index (χ1) is 18.1. The average molecular weight is 507 g/mol. The van der Waals surface area contributed by atoms with Gasteiger partial charge in [-0.2, -0.15) is 0 Å². The number of rotatable bonds is 11. The number of fused-ring (bicyclic) bond motifs is 2. The number of benzene rings is 2. The molecule has 0 saturated heterocycles. The Morgan fingerprint density at radius 2 is 1.97 bits per heavy atom. The number of nitrogens with one attached hydrogen (secondary N) is 1. The number of hydrogen-bond acceptors (Lipinski definition) is 9. The average Bonchev–Trinajstić information content (AvgIpc) is 3.57. The van der Waals surface area contributed by atoms with Gasteiger partial charge in [0.1, 0.15) is 5.75 Å². The predicted molar refractivity (Wildman–Crippen MR) is 136 cm³/mol. The number of ether oxygens (including phenoxy) is 4. The third-order valence-electron chi connectivity index (χ3n) is 6.52. The summed E-state index contributed by atoms with van der Waals surface area (Å²) < 4.78 is 23.4. The van der Waals surface area contributed by atoms with Gasteiger partial charge in [-0.1, -0.05) is 13.0 Å². The van der Waals surface area contributed by atoms with E-state index in [0.717, 1.165) is 34.5 Å². The Labute approximate surface area is 213 Å². The van der Waals surface area contributed by atoms with Gasteiger partial charge in [-0.05, 0) is 58.1 Å². The second-order valence-corrected chi connectivity index (χ2v) is 8.85. The van der Waals surface area contributed by atoms with Crippen LogP contribution in [0.25, 0.3) is 10.9 Å². The van der Waals surface area contributed by atoms with Crippen LogP contribution in [-0.2, 0) is 24.4 Å². The van der Waals surface area contributed by atoms with E-state index in [9.17, 15) is 4.79 Å². The van der Waals surface area contributed by atoms with Crippen LogP contribution in [0.1, 0.15) is 36.3 Å². The number of nitrogens with zero attached hydrogens (tertiary/aromatic N) is 5. The van der Waals surface area contributed by atoms with Crippen molar-refractivity contribution in [3.63, 3.8) is 0 Å². The zero-order chi connectivity index (χ0) is 25.8. The monoisotopic (exact) mass is 506 g/mol. The summed E-state index contributed by atoms with van der Waals surface area (Å²) in [5.41, 5.74) is 2.25. The van der Waals surface area contributed by atoms with Crippen molar-refractivity contribution in [3.05, 3.63) is 69.8 Å². The summed E-state index contributed by atoms with van der Waals surface area (Å²) in [5, 5.41) is 13.4. The van der Waals surface area contributed by atoms with E-state index in [0.29, 0.717) is 43.3 Å². The highest BCUT2D eigenvalue weighted by molar-refractivity contribution is 5.80. The SMILES string of the molecule is CC[C@@H](c1nnnn1CCOC)N(Cc1ccc2c(c1)OCO2)Cc1cc2ccc(OC)cc2[nH]c1=O. The Morgan fingerprint density at radius 1 is 1.11 bits per heavy atom. The van der Waals surface area contributed by atoms with Gasteiger partial charge in [0.2, 0.25) is 6.79 Å². The third kappa shape index (κ3) is 5.27. The van der Waals surface area contributed by atoms with Gasteiger partial charge in [-0.15, -0.1) is 5.10 Å². The molecule has 0 aliphatic carbocycles. The van der Waals surface area contributed by atoms with Crippen LogP contribution in [-0.4, -0.2) is 57.7 Å². The van der Waals surface area contributed by atoms with Gasteiger partial charge in [0.25, 0.3) is 5.56 Å². The van der Waals surface area contributed by atoms with Gasteiger partial charge in [0.05, 0.1) is 31.8 Å². The van der Waals surface area contributed by atoms with Gasteiger partial charge in [-0.3, -0.25) is 9.69 Å². The van der Waals surface area contributed by atoms with Gasteiger partial charge in [0, 0.05) is 31.8 Å². The largest absolute Gasteiger partial charge is 0.497 e. The summed E-state index contributed by atoms with van der Waals surface area (Å²) in [6.45, 7) is 4.26. The molecule has 1 N–H and O–H groups in total. The van der Waals surface area contributed by atoms with Crippen molar-refractivity contribution < 1.29 is 18.9 Å². The highest BCUT2D eigenvalue weighted by Gasteiger charge is 2.27. The summed E-state index contributed by atoms with van der Waals surface area (Å²) in [5.74, 6) is 2.86. The molecule has 0 fully saturated rings. The quantitative estimate of drug-likeness (QED) is 0.328. The number of tetrazole rings is 1. The number of aromatic amines is 1. The lowest BCUT2D eigenvalue weighted by Crippen LogP contribution is -2.32. The van der Waals surface area contributed by atoms with Crippen LogP contribution in [0, 0.1) is 0 Å². The zero-order valence-corrected chi connectivity index (χ0v) is 21.1. The van der Waals surface area contributed by atoms with E-state index in [2.05, 4.69) is 32.3 Å². The molecule has 3 heterocycles. The smallest absolute Gasteiger partial charge is 0.252 e. The maximum atomic E-state index is 13.2. The van der Waals surface area contributed by atoms with Crippen LogP contribution in [0.2, 0.25) is 0 Å². The molecule has 0 amide bonds. The second kappa shape index (κ2) is 11.0. The number of aromatic nitrogens is 5. The molecule has 5 rings (SSSR count). The van der Waals surface area contributed by atoms with Gasteiger partial charge in [-0.25, -0.2) is 4.68 Å². The van der Waals surface area contributed by atoms with Crippen molar-refractivity contribution in [1.82, 2.24) is 30.1 Å². The molecular formula is C26H30N6O5. The molecule has 1 aliphatic heterocycles. The van der Waals surface area contributed by atoms with Gasteiger partial charge in [0.15, 0.2) is 17.3 Å². The molecule has 194 valence electrons. The third-order valence-corrected chi connectivity index (χ3v) is 6.52. The normalized spacial score (nSPS) is 13.4. The van der Waals surface area contributed by atoms with E-state index in [1.54, 1.807) is 18.9 Å². The van der Waals surface area contributed by atoms with Crippen molar-refractivity contribution in [1.29, 1.82) is 0 Å². The van der Waals surface area contributed by atoms with Crippen molar-refractivity contribution >= 4 is 10.9 Å². The van der Waals surface area contributed by atoms with Gasteiger partial charge >= 0.3 is 0 Å². The molecule has 0 spiro atoms. The first kappa shape index (κ1) is 24.7. The molecule has 0 unspecified atom stereocenters. The van der Waals surface area contributed by atoms with Crippen molar-refractivity contribution in [3.8, 4) is 17.2 Å². The first-order valence-corrected chi connectivity index (χ1v) is 12.2. The van der Waals surface area contributed by atoms with E-state index >= 15 is 0 Å². The van der Waals surface area contributed by atoms with Gasteiger partial charge < -0.3 is 23.9 Å². The fourth-order valence-electron chi connectivity index (χ4n) is 4.63. The van der Waals surface area contributed by atoms with Crippen LogP contribution < -0.4 is 19.8 Å². The highest BCUT2D eigenvalue weighted by atomic mass is 16.7. The highest BCUT2D eigenvalue weighted by Crippen LogP contribution is 2.34. The first-order valence-electron chi connectivity index (χ1n) is 12.2. The van der Waals surface area contributed by atoms with Crippen LogP contribution in [0.3, 0.4) is 0 Å². The molecule has 2 aromatic carbocycles. The summed E-state index contributed by atoms with van der Waals surface area (Å²) in [6.07, 6.45) is 0.737. The predicted octanol–water partition coefficient (Wildman–Crippen LogP) is 3.05. The van der Waals surface area contributed by atoms with Crippen LogP contribution in [0.5, 0.6) is 17.2 Å². The minimum Gasteiger partial charge on any atom is -0.497 e. The Morgan fingerprint density at radius 3 is 2.78 bits per heavy atom. The Hall–Kier alpha value is -3.96. The Bertz CT molecular complexity index is 1430. The number of H-pyrrole nitrogens is 1. The molecule has 0 radical (unpaired) electrons. The minimum atomic E-state index is -0.150. The molecule has 1 atom stereocenters. The number of hydrogen-bond donors (Lipinski definition) is 1. The molecule has 4 aromatic rings. The summed E-state index contributed by atoms with van der Waals surface area (Å²) in [7, 11) is 3.25. The van der Waals surface area contributed by atoms with Crippen LogP contribution in [0.15, 0.2) is 47.3 Å². The minimum absolute atomic E-state index is 0.148. The molecule has 11 nitrogen and oxygen atoms in total. The number of methoxy groups -OCH3 is 2. The topological polar surface area (TPSA) is 117 Å². The summed E-state index contributed by atoms with van der Waals surface area (Å²) in [6, 6.07) is 13.3. The summed E-state index contributed by atoms with van der Waals surface area (Å²) >= 11 is 0. The molecule has 2 aromatic heterocycles.